The van der Waals surface area contributed by atoms with Crippen molar-refractivity contribution < 1.29 is 24.2 Å². The number of unbranched alkanes of at least 4 members (excludes halogenated alkanes) is 1. The van der Waals surface area contributed by atoms with Crippen molar-refractivity contribution in [2.45, 2.75) is 135 Å². The molecule has 0 unspecified atom stereocenters. The van der Waals surface area contributed by atoms with Gasteiger partial charge in [0, 0.05) is 12.5 Å². The highest BCUT2D eigenvalue weighted by Gasteiger charge is 2.41. The molecule has 1 aliphatic carbocycles. The van der Waals surface area contributed by atoms with E-state index >= 15 is 0 Å². The second-order valence-corrected chi connectivity index (χ2v) is 16.1. The van der Waals surface area contributed by atoms with Crippen LogP contribution in [0.5, 0.6) is 0 Å². The van der Waals surface area contributed by atoms with Gasteiger partial charge in [-0.1, -0.05) is 63.3 Å². The van der Waals surface area contributed by atoms with Crippen molar-refractivity contribution in [3.05, 3.63) is 48.0 Å². The Hall–Kier alpha value is -1.47. The molecule has 1 aliphatic rings. The van der Waals surface area contributed by atoms with E-state index in [1.54, 1.807) is 0 Å². The van der Waals surface area contributed by atoms with E-state index < -0.39 is 20.5 Å². The summed E-state index contributed by atoms with van der Waals surface area (Å²) in [7, 11) is -1.75. The van der Waals surface area contributed by atoms with E-state index in [0.29, 0.717) is 12.8 Å². The van der Waals surface area contributed by atoms with E-state index in [-0.39, 0.29) is 30.0 Å². The van der Waals surface area contributed by atoms with Crippen LogP contribution in [0.25, 0.3) is 0 Å². The molecule has 2 rings (SSSR count). The summed E-state index contributed by atoms with van der Waals surface area (Å²) in [5.74, 6) is 0.0000337. The smallest absolute Gasteiger partial charge is 0.306 e. The molecule has 0 amide bonds. The van der Waals surface area contributed by atoms with Gasteiger partial charge in [0.2, 0.25) is 0 Å². The van der Waals surface area contributed by atoms with Gasteiger partial charge in [-0.15, -0.1) is 0 Å². The van der Waals surface area contributed by atoms with Crippen LogP contribution in [-0.4, -0.2) is 48.9 Å². The number of ether oxygens (including phenoxy) is 1. The van der Waals surface area contributed by atoms with Crippen LogP contribution in [0.15, 0.2) is 42.5 Å². The Kier molecular flexibility index (Phi) is 14.9. The minimum absolute atomic E-state index is 0.0625. The van der Waals surface area contributed by atoms with Gasteiger partial charge < -0.3 is 19.4 Å². The number of carbonyl (C=O) groups is 1. The molecule has 0 aliphatic heterocycles. The van der Waals surface area contributed by atoms with Gasteiger partial charge in [-0.3, -0.25) is 4.79 Å². The third-order valence-corrected chi connectivity index (χ3v) is 13.2. The zero-order valence-electron chi connectivity index (χ0n) is 24.6. The van der Waals surface area contributed by atoms with Crippen molar-refractivity contribution in [3.63, 3.8) is 0 Å². The molecule has 5 nitrogen and oxygen atoms in total. The fourth-order valence-electron chi connectivity index (χ4n) is 5.93. The summed E-state index contributed by atoms with van der Waals surface area (Å²) in [6, 6.07) is 14.0. The van der Waals surface area contributed by atoms with Crippen molar-refractivity contribution in [1.29, 1.82) is 0 Å². The third kappa shape index (κ3) is 11.0. The van der Waals surface area contributed by atoms with Crippen LogP contribution in [-0.2, 0) is 20.4 Å². The summed E-state index contributed by atoms with van der Waals surface area (Å²) < 4.78 is 12.2. The highest BCUT2D eigenvalue weighted by molar-refractivity contribution is 6.73. The minimum Gasteiger partial charge on any atom is -0.463 e. The second-order valence-electron chi connectivity index (χ2n) is 11.4. The monoisotopic (exact) mass is 546 g/mol. The average Bonchev–Trinajstić information content (AvgIpc) is 3.17. The number of rotatable bonds is 18. The molecule has 0 heterocycles. The van der Waals surface area contributed by atoms with Crippen LogP contribution in [0.3, 0.4) is 0 Å². The standard InChI is InChI=1S/C32H54O5Si/c1-6-38(7-2,8-3)37-27(21-20-26-16-12-11-13-17-26)22-23-29-28(30(33)24-31(29)34)18-14-9-10-15-19-32(35)36-25(4)5/h9,11-14,16-17,25,27-31,33-34H,6-8,10,15,18-24H2,1-5H3/b14-9-/t27-,28+,29+,30-,31+/m0/s1. The third-order valence-electron chi connectivity index (χ3n) is 8.48. The quantitative estimate of drug-likeness (QED) is 0.0880. The van der Waals surface area contributed by atoms with Gasteiger partial charge in [-0.2, -0.15) is 0 Å². The first-order chi connectivity index (χ1) is 18.2. The Morgan fingerprint density at radius 2 is 1.66 bits per heavy atom. The molecule has 2 N–H and O–H groups in total. The van der Waals surface area contributed by atoms with Crippen molar-refractivity contribution in [2.75, 3.05) is 0 Å². The van der Waals surface area contributed by atoms with E-state index in [4.69, 9.17) is 9.16 Å². The number of aryl methyl sites for hydroxylation is 1. The number of hydrogen-bond acceptors (Lipinski definition) is 5. The Morgan fingerprint density at radius 1 is 1.00 bits per heavy atom. The van der Waals surface area contributed by atoms with Gasteiger partial charge in [0.25, 0.3) is 0 Å². The molecule has 0 bridgehead atoms. The minimum atomic E-state index is -1.75. The topological polar surface area (TPSA) is 76.0 Å². The van der Waals surface area contributed by atoms with Crippen LogP contribution >= 0.6 is 0 Å². The predicted molar refractivity (Wildman–Crippen MR) is 159 cm³/mol. The average molecular weight is 547 g/mol. The number of carbonyl (C=O) groups excluding carboxylic acids is 1. The van der Waals surface area contributed by atoms with Crippen molar-refractivity contribution in [3.8, 4) is 0 Å². The van der Waals surface area contributed by atoms with Gasteiger partial charge in [0.05, 0.1) is 18.3 Å². The number of benzene rings is 1. The fraction of sp³-hybridized carbons (Fsp3) is 0.719. The summed E-state index contributed by atoms with van der Waals surface area (Å²) in [4.78, 5) is 11.7. The molecule has 1 aromatic carbocycles. The number of aliphatic hydroxyl groups excluding tert-OH is 2. The molecule has 216 valence electrons. The Balaban J connectivity index is 1.95. The van der Waals surface area contributed by atoms with Gasteiger partial charge in [0.15, 0.2) is 8.32 Å². The van der Waals surface area contributed by atoms with Crippen LogP contribution in [0.1, 0.15) is 91.5 Å². The second kappa shape index (κ2) is 17.3. The number of aliphatic hydroxyl groups is 2. The zero-order valence-corrected chi connectivity index (χ0v) is 25.6. The molecular weight excluding hydrogens is 492 g/mol. The summed E-state index contributed by atoms with van der Waals surface area (Å²) in [5.41, 5.74) is 1.34. The molecular formula is C32H54O5Si. The molecule has 38 heavy (non-hydrogen) atoms. The lowest BCUT2D eigenvalue weighted by molar-refractivity contribution is -0.147. The van der Waals surface area contributed by atoms with Gasteiger partial charge in [-0.05, 0) is 101 Å². The summed E-state index contributed by atoms with van der Waals surface area (Å²) in [5, 5.41) is 21.6. The summed E-state index contributed by atoms with van der Waals surface area (Å²) >= 11 is 0. The highest BCUT2D eigenvalue weighted by atomic mass is 28.4. The lowest BCUT2D eigenvalue weighted by Gasteiger charge is -2.34. The molecule has 0 spiro atoms. The van der Waals surface area contributed by atoms with Gasteiger partial charge in [-0.25, -0.2) is 0 Å². The number of allylic oxidation sites excluding steroid dienone is 2. The van der Waals surface area contributed by atoms with E-state index in [2.05, 4.69) is 63.3 Å². The van der Waals surface area contributed by atoms with E-state index in [1.165, 1.54) is 5.56 Å². The lowest BCUT2D eigenvalue weighted by atomic mass is 9.85. The molecule has 1 aromatic rings. The largest absolute Gasteiger partial charge is 0.463 e. The van der Waals surface area contributed by atoms with Crippen LogP contribution in [0, 0.1) is 11.8 Å². The van der Waals surface area contributed by atoms with Crippen molar-refractivity contribution in [1.82, 2.24) is 0 Å². The Morgan fingerprint density at radius 3 is 2.29 bits per heavy atom. The predicted octanol–water partition coefficient (Wildman–Crippen LogP) is 7.22. The maximum absolute atomic E-state index is 11.7. The van der Waals surface area contributed by atoms with E-state index in [9.17, 15) is 15.0 Å². The Bertz CT molecular complexity index is 799. The lowest BCUT2D eigenvalue weighted by Crippen LogP contribution is -2.40. The van der Waals surface area contributed by atoms with E-state index in [0.717, 1.165) is 63.1 Å². The van der Waals surface area contributed by atoms with Crippen LogP contribution in [0.4, 0.5) is 0 Å². The van der Waals surface area contributed by atoms with E-state index in [1.807, 2.05) is 13.8 Å². The van der Waals surface area contributed by atoms with Crippen molar-refractivity contribution in [2.24, 2.45) is 11.8 Å². The first-order valence-corrected chi connectivity index (χ1v) is 17.7. The molecule has 6 heteroatoms. The maximum atomic E-state index is 11.7. The van der Waals surface area contributed by atoms with Gasteiger partial charge in [0.1, 0.15) is 0 Å². The fourth-order valence-corrected chi connectivity index (χ4v) is 8.87. The zero-order chi connectivity index (χ0) is 28.0. The number of esters is 1. The summed E-state index contributed by atoms with van der Waals surface area (Å²) in [6.07, 6.45) is 10.4. The maximum Gasteiger partial charge on any atom is 0.306 e. The van der Waals surface area contributed by atoms with Crippen molar-refractivity contribution >= 4 is 14.3 Å². The number of hydrogen-bond donors (Lipinski definition) is 2. The Labute approximate surface area is 233 Å². The SMILES string of the molecule is CC[Si](CC)(CC)O[C@@H](CCc1ccccc1)CC[C@@H]1[C@@H](C/C=C\CCCC(=O)OC(C)C)[C@@H](O)C[C@H]1O. The summed E-state index contributed by atoms with van der Waals surface area (Å²) in [6.45, 7) is 10.6. The first kappa shape index (κ1) is 32.7. The highest BCUT2D eigenvalue weighted by Crippen LogP contribution is 2.39. The first-order valence-electron chi connectivity index (χ1n) is 15.2. The van der Waals surface area contributed by atoms with Gasteiger partial charge >= 0.3 is 5.97 Å². The van der Waals surface area contributed by atoms with Crippen LogP contribution in [0.2, 0.25) is 18.1 Å². The molecule has 0 saturated heterocycles. The molecule has 5 atom stereocenters. The van der Waals surface area contributed by atoms with Crippen LogP contribution < -0.4 is 0 Å². The molecule has 0 aromatic heterocycles. The molecule has 1 saturated carbocycles. The molecule has 0 radical (unpaired) electrons. The molecule has 1 fully saturated rings. The normalized spacial score (nSPS) is 22.8.